The van der Waals surface area contributed by atoms with Gasteiger partial charge in [0.2, 0.25) is 0 Å². The second kappa shape index (κ2) is 10.7. The summed E-state index contributed by atoms with van der Waals surface area (Å²) >= 11 is 0. The Morgan fingerprint density at radius 2 is 1.89 bits per heavy atom. The molecular weight excluding hydrogens is 434 g/mol. The minimum atomic E-state index is -5.62. The van der Waals surface area contributed by atoms with Crippen LogP contribution >= 0.6 is 15.6 Å². The molecule has 6 atom stereocenters. The van der Waals surface area contributed by atoms with Crippen LogP contribution in [0.5, 0.6) is 0 Å². The molecule has 1 saturated heterocycles. The molecule has 5 N–H and O–H groups in total. The van der Waals surface area contributed by atoms with Gasteiger partial charge >= 0.3 is 64.8 Å². The summed E-state index contributed by atoms with van der Waals surface area (Å²) in [5.41, 5.74) is 4.42. The van der Waals surface area contributed by atoms with E-state index in [0.29, 0.717) is 0 Å². The number of hydrogen-bond donors (Lipinski definition) is 4. The van der Waals surface area contributed by atoms with E-state index in [9.17, 15) is 33.9 Å². The first-order valence-electron chi connectivity index (χ1n) is 6.46. The van der Waals surface area contributed by atoms with Crippen LogP contribution < -0.4 is 80.3 Å². The molecule has 0 amide bonds. The number of rotatable bonds is 6. The number of anilines is 1. The zero-order chi connectivity index (χ0) is 19.0. The van der Waals surface area contributed by atoms with Crippen LogP contribution in [0.4, 0.5) is 5.82 Å². The molecule has 18 heteroatoms. The van der Waals surface area contributed by atoms with Crippen LogP contribution in [-0.4, -0.2) is 49.6 Å². The van der Waals surface area contributed by atoms with Gasteiger partial charge in [-0.2, -0.15) is 4.98 Å². The Hall–Kier alpha value is 0.820. The fourth-order valence-corrected chi connectivity index (χ4v) is 3.56. The Balaban J connectivity index is 0.00000338. The molecule has 2 rings (SSSR count). The van der Waals surface area contributed by atoms with Gasteiger partial charge in [0.15, 0.2) is 6.23 Å². The number of aromatic nitrogens is 2. The minimum absolute atomic E-state index is 0. The van der Waals surface area contributed by atoms with E-state index in [4.69, 9.17) is 15.4 Å². The van der Waals surface area contributed by atoms with Gasteiger partial charge < -0.3 is 39.9 Å². The number of hydrogen-bond acceptors (Lipinski definition) is 12. The Morgan fingerprint density at radius 3 is 2.41 bits per heavy atom. The van der Waals surface area contributed by atoms with Crippen molar-refractivity contribution in [1.29, 1.82) is 0 Å². The number of nitrogens with two attached hydrogens (primary N) is 1. The van der Waals surface area contributed by atoms with Crippen molar-refractivity contribution in [2.24, 2.45) is 0 Å². The number of aliphatic hydroxyl groups excluding tert-OH is 2. The van der Waals surface area contributed by atoms with Crippen molar-refractivity contribution in [3.63, 3.8) is 0 Å². The molecule has 1 aliphatic rings. The van der Waals surface area contributed by atoms with Crippen molar-refractivity contribution < 1.29 is 107 Å². The molecule has 142 valence electrons. The summed E-state index contributed by atoms with van der Waals surface area (Å²) in [5, 5.41) is 19.8. The van der Waals surface area contributed by atoms with Gasteiger partial charge in [-0.25, -0.2) is 9.11 Å². The maximum Gasteiger partial charge on any atom is 1.00 e. The van der Waals surface area contributed by atoms with Crippen LogP contribution in [0.25, 0.3) is 0 Å². The Bertz CT molecular complexity index is 789. The molecule has 0 radical (unpaired) electrons. The predicted octanol–water partition coefficient (Wildman–Crippen LogP) is -9.59. The van der Waals surface area contributed by atoms with Crippen molar-refractivity contribution in [2.75, 3.05) is 12.3 Å². The Labute approximate surface area is 196 Å². The molecule has 0 bridgehead atoms. The van der Waals surface area contributed by atoms with Gasteiger partial charge in [0.25, 0.3) is 15.6 Å². The molecule has 1 aromatic rings. The van der Waals surface area contributed by atoms with E-state index in [0.717, 1.165) is 10.8 Å². The maximum absolute atomic E-state index is 11.7. The SMILES string of the molecule is Nc1ccn([C@@H]2O[C@H](COP(=O)([O-])OP(=O)([O-])O)[C@@H](O)[C@H]2O)c(=O)n1.[Na+].[Na+]. The van der Waals surface area contributed by atoms with Crippen LogP contribution in [-0.2, 0) is 22.7 Å². The smallest absolute Gasteiger partial charge is 0.756 e. The number of ether oxygens (including phenoxy) is 1. The van der Waals surface area contributed by atoms with Crippen LogP contribution in [0.3, 0.4) is 0 Å². The number of nitrogen functional groups attached to an aromatic ring is 1. The van der Waals surface area contributed by atoms with Gasteiger partial charge in [-0.3, -0.25) is 13.7 Å². The monoisotopic (exact) mass is 447 g/mol. The average molecular weight is 447 g/mol. The molecule has 1 aromatic heterocycles. The van der Waals surface area contributed by atoms with E-state index in [-0.39, 0.29) is 64.9 Å². The van der Waals surface area contributed by atoms with Crippen molar-refractivity contribution in [3.05, 3.63) is 22.7 Å². The molecule has 14 nitrogen and oxygen atoms in total. The van der Waals surface area contributed by atoms with Crippen LogP contribution in [0.2, 0.25) is 0 Å². The molecule has 0 aliphatic carbocycles. The summed E-state index contributed by atoms with van der Waals surface area (Å²) in [6.07, 6.45) is -5.12. The van der Waals surface area contributed by atoms with Gasteiger partial charge in [-0.05, 0) is 6.07 Å². The van der Waals surface area contributed by atoms with E-state index < -0.39 is 52.5 Å². The van der Waals surface area contributed by atoms with Crippen molar-refractivity contribution in [3.8, 4) is 0 Å². The molecule has 0 saturated carbocycles. The Morgan fingerprint density at radius 1 is 1.30 bits per heavy atom. The molecule has 0 spiro atoms. The summed E-state index contributed by atoms with van der Waals surface area (Å²) in [6, 6.07) is 1.22. The summed E-state index contributed by atoms with van der Waals surface area (Å²) in [7, 11) is -11.1. The Kier molecular flexibility index (Phi) is 11.1. The third-order valence-electron chi connectivity index (χ3n) is 3.06. The molecule has 2 heterocycles. The standard InChI is InChI=1S/C9H15N3O11P2.2Na/c10-5-1-2-12(9(15)11-5)8-7(14)6(13)4(22-8)3-21-25(19,20)23-24(16,17)18;;/h1-2,4,6-8,13-14H,3H2,(H,19,20)(H2,10,11,15)(H2,16,17,18);;/q;2*+1/p-2/t4-,6-,7-,8-;;/m1../s1. The zero-order valence-electron chi connectivity index (χ0n) is 14.1. The van der Waals surface area contributed by atoms with Crippen molar-refractivity contribution >= 4 is 21.5 Å². The molecular formula is C9H13N3Na2O11P2. The van der Waals surface area contributed by atoms with Gasteiger partial charge in [-0.15, -0.1) is 0 Å². The second-order valence-corrected chi connectivity index (χ2v) is 7.62. The molecule has 2 unspecified atom stereocenters. The van der Waals surface area contributed by atoms with Gasteiger partial charge in [0.1, 0.15) is 24.1 Å². The van der Waals surface area contributed by atoms with Crippen LogP contribution in [0, 0.1) is 0 Å². The number of phosphoric acid groups is 2. The first-order valence-corrected chi connectivity index (χ1v) is 9.42. The maximum atomic E-state index is 11.7. The minimum Gasteiger partial charge on any atom is -0.756 e. The third-order valence-corrected chi connectivity index (χ3v) is 5.15. The van der Waals surface area contributed by atoms with E-state index >= 15 is 0 Å². The second-order valence-electron chi connectivity index (χ2n) is 4.88. The van der Waals surface area contributed by atoms with Gasteiger partial charge in [0.05, 0.1) is 6.61 Å². The number of aliphatic hydroxyl groups is 2. The largest absolute Gasteiger partial charge is 1.00 e. The van der Waals surface area contributed by atoms with E-state index in [1.54, 1.807) is 0 Å². The van der Waals surface area contributed by atoms with Crippen LogP contribution in [0.1, 0.15) is 6.23 Å². The average Bonchev–Trinajstić information content (AvgIpc) is 2.71. The molecule has 27 heavy (non-hydrogen) atoms. The van der Waals surface area contributed by atoms with Crippen LogP contribution in [0.15, 0.2) is 17.1 Å². The number of nitrogens with zero attached hydrogens (tertiary/aromatic N) is 2. The third kappa shape index (κ3) is 7.87. The molecule has 0 aromatic carbocycles. The van der Waals surface area contributed by atoms with Crippen molar-refractivity contribution in [1.82, 2.24) is 9.55 Å². The normalized spacial score (nSPS) is 29.1. The molecule has 1 fully saturated rings. The van der Waals surface area contributed by atoms with Gasteiger partial charge in [-0.1, -0.05) is 0 Å². The fourth-order valence-electron chi connectivity index (χ4n) is 2.03. The van der Waals surface area contributed by atoms with Gasteiger partial charge in [0, 0.05) is 6.20 Å². The molecule has 1 aliphatic heterocycles. The summed E-state index contributed by atoms with van der Waals surface area (Å²) in [4.78, 5) is 45.1. The van der Waals surface area contributed by atoms with Crippen molar-refractivity contribution in [2.45, 2.75) is 24.5 Å². The summed E-state index contributed by atoms with van der Waals surface area (Å²) in [6.45, 7) is -0.966. The predicted molar refractivity (Wildman–Crippen MR) is 73.3 cm³/mol. The summed E-state index contributed by atoms with van der Waals surface area (Å²) in [5.74, 6) is -0.0929. The topological polar surface area (TPSA) is 230 Å². The van der Waals surface area contributed by atoms with E-state index in [2.05, 4.69) is 13.8 Å². The number of phosphoric ester groups is 1. The summed E-state index contributed by atoms with van der Waals surface area (Å²) < 4.78 is 35.1. The van der Waals surface area contributed by atoms with E-state index in [1.807, 2.05) is 0 Å². The first kappa shape index (κ1) is 27.8. The quantitative estimate of drug-likeness (QED) is 0.235. The first-order chi connectivity index (χ1) is 11.4. The van der Waals surface area contributed by atoms with E-state index in [1.165, 1.54) is 6.07 Å². The zero-order valence-corrected chi connectivity index (χ0v) is 19.9. The fraction of sp³-hybridized carbons (Fsp3) is 0.556.